The number of benzene rings is 1. The van der Waals surface area contributed by atoms with E-state index in [0.29, 0.717) is 18.2 Å². The van der Waals surface area contributed by atoms with E-state index >= 15 is 0 Å². The zero-order valence-corrected chi connectivity index (χ0v) is 10.3. The molecule has 0 heterocycles. The van der Waals surface area contributed by atoms with Crippen molar-refractivity contribution in [1.82, 2.24) is 0 Å². The zero-order valence-electron chi connectivity index (χ0n) is 9.47. The third kappa shape index (κ3) is 3.97. The number of aliphatic hydroxyl groups excluding tert-OH is 1. The summed E-state index contributed by atoms with van der Waals surface area (Å²) >= 11 is 0. The second kappa shape index (κ2) is 6.15. The minimum atomic E-state index is -5.17. The molecule has 10 heteroatoms. The van der Waals surface area contributed by atoms with Crippen molar-refractivity contribution in [2.24, 2.45) is 5.73 Å². The van der Waals surface area contributed by atoms with E-state index in [4.69, 9.17) is 10.8 Å². The van der Waals surface area contributed by atoms with Crippen LogP contribution in [0.15, 0.2) is 18.2 Å². The van der Waals surface area contributed by atoms with Crippen molar-refractivity contribution in [3.8, 4) is 0 Å². The molecule has 2 nitrogen and oxygen atoms in total. The molecule has 0 aliphatic carbocycles. The first-order chi connectivity index (χ1) is 8.46. The highest BCUT2D eigenvalue weighted by molar-refractivity contribution is 5.85. The van der Waals surface area contributed by atoms with Crippen LogP contribution in [0.5, 0.6) is 0 Å². The van der Waals surface area contributed by atoms with Gasteiger partial charge in [-0.25, -0.2) is 4.39 Å². The molecule has 0 aliphatic heterocycles. The van der Waals surface area contributed by atoms with Crippen molar-refractivity contribution in [1.29, 1.82) is 0 Å². The summed E-state index contributed by atoms with van der Waals surface area (Å²) in [5.41, 5.74) is 2.16. The molecule has 1 aromatic carbocycles. The van der Waals surface area contributed by atoms with E-state index in [9.17, 15) is 30.7 Å². The van der Waals surface area contributed by atoms with Gasteiger partial charge < -0.3 is 10.8 Å². The molecule has 0 saturated heterocycles. The molecular formula is C10H9ClF7NO. The maximum atomic E-state index is 13.5. The van der Waals surface area contributed by atoms with Crippen LogP contribution in [0, 0.1) is 5.82 Å². The van der Waals surface area contributed by atoms with Gasteiger partial charge in [-0.3, -0.25) is 0 Å². The summed E-state index contributed by atoms with van der Waals surface area (Å²) in [6.07, 6.45) is -13.4. The average Bonchev–Trinajstić information content (AvgIpc) is 2.24. The zero-order chi connectivity index (χ0) is 15.0. The smallest absolute Gasteiger partial charge is 0.382 e. The fraction of sp³-hybridized carbons (Fsp3) is 0.400. The van der Waals surface area contributed by atoms with Crippen LogP contribution in [0.25, 0.3) is 0 Å². The van der Waals surface area contributed by atoms with Gasteiger partial charge in [0.25, 0.3) is 0 Å². The third-order valence-electron chi connectivity index (χ3n) is 2.37. The predicted octanol–water partition coefficient (Wildman–Crippen LogP) is 3.19. The van der Waals surface area contributed by atoms with Crippen LogP contribution >= 0.6 is 12.4 Å². The van der Waals surface area contributed by atoms with Gasteiger partial charge >= 0.3 is 12.4 Å². The molecule has 20 heavy (non-hydrogen) atoms. The second-order valence-corrected chi connectivity index (χ2v) is 3.72. The molecular weight excluding hydrogens is 319 g/mol. The normalized spacial score (nSPS) is 15.4. The number of hydrogen-bond acceptors (Lipinski definition) is 2. The lowest BCUT2D eigenvalue weighted by atomic mass is 9.98. The number of alkyl halides is 6. The highest BCUT2D eigenvalue weighted by atomic mass is 35.5. The van der Waals surface area contributed by atoms with E-state index in [2.05, 4.69) is 0 Å². The quantitative estimate of drug-likeness (QED) is 0.820. The molecule has 0 spiro atoms. The predicted molar refractivity (Wildman–Crippen MR) is 57.6 cm³/mol. The maximum absolute atomic E-state index is 13.5. The molecule has 0 saturated carbocycles. The van der Waals surface area contributed by atoms with Crippen LogP contribution in [-0.2, 0) is 6.18 Å². The fourth-order valence-electron chi connectivity index (χ4n) is 1.40. The molecule has 1 aromatic rings. The van der Waals surface area contributed by atoms with Gasteiger partial charge in [0.2, 0.25) is 0 Å². The van der Waals surface area contributed by atoms with Gasteiger partial charge in [0.05, 0.1) is 11.6 Å². The van der Waals surface area contributed by atoms with Gasteiger partial charge in [0.15, 0.2) is 6.10 Å². The highest BCUT2D eigenvalue weighted by Crippen LogP contribution is 2.36. The van der Waals surface area contributed by atoms with Gasteiger partial charge in [-0.05, 0) is 6.07 Å². The van der Waals surface area contributed by atoms with Gasteiger partial charge in [-0.15, -0.1) is 12.4 Å². The number of aliphatic hydroxyl groups is 1. The first-order valence-corrected chi connectivity index (χ1v) is 4.82. The first kappa shape index (κ1) is 18.9. The maximum Gasteiger partial charge on any atom is 0.419 e. The van der Waals surface area contributed by atoms with Crippen molar-refractivity contribution in [3.05, 3.63) is 35.1 Å². The summed E-state index contributed by atoms with van der Waals surface area (Å²) in [6.45, 7) is 0. The minimum Gasteiger partial charge on any atom is -0.382 e. The Morgan fingerprint density at radius 3 is 1.95 bits per heavy atom. The number of rotatable bonds is 2. The molecule has 0 radical (unpaired) electrons. The molecule has 0 fully saturated rings. The van der Waals surface area contributed by atoms with E-state index in [1.807, 2.05) is 0 Å². The van der Waals surface area contributed by atoms with Crippen molar-refractivity contribution < 1.29 is 35.8 Å². The summed E-state index contributed by atoms with van der Waals surface area (Å²) in [4.78, 5) is 0. The van der Waals surface area contributed by atoms with E-state index in [0.717, 1.165) is 0 Å². The van der Waals surface area contributed by atoms with Gasteiger partial charge in [0.1, 0.15) is 5.82 Å². The Kier molecular flexibility index (Phi) is 5.82. The van der Waals surface area contributed by atoms with Crippen LogP contribution in [0.2, 0.25) is 0 Å². The summed E-state index contributed by atoms with van der Waals surface area (Å²) < 4.78 is 87.1. The van der Waals surface area contributed by atoms with E-state index in [1.54, 1.807) is 0 Å². The van der Waals surface area contributed by atoms with E-state index < -0.39 is 41.4 Å². The Morgan fingerprint density at radius 1 is 1.05 bits per heavy atom. The lowest BCUT2D eigenvalue weighted by Crippen LogP contribution is -2.39. The molecule has 0 bridgehead atoms. The van der Waals surface area contributed by atoms with Crippen LogP contribution in [0.3, 0.4) is 0 Å². The largest absolute Gasteiger partial charge is 0.419 e. The SMILES string of the molecule is Cl.N[C@H](c1cccc(C(F)(F)F)c1F)[C@@H](O)C(F)(F)F. The number of halogens is 8. The summed E-state index contributed by atoms with van der Waals surface area (Å²) in [6, 6.07) is -0.609. The van der Waals surface area contributed by atoms with Gasteiger partial charge in [0, 0.05) is 5.56 Å². The van der Waals surface area contributed by atoms with Crippen molar-refractivity contribution >= 4 is 12.4 Å². The van der Waals surface area contributed by atoms with Crippen LogP contribution in [0.1, 0.15) is 17.2 Å². The fourth-order valence-corrected chi connectivity index (χ4v) is 1.40. The van der Waals surface area contributed by atoms with E-state index in [1.165, 1.54) is 0 Å². The van der Waals surface area contributed by atoms with Gasteiger partial charge in [-0.2, -0.15) is 26.3 Å². The Bertz CT molecular complexity index is 460. The molecule has 3 N–H and O–H groups in total. The number of nitrogens with two attached hydrogens (primary N) is 1. The van der Waals surface area contributed by atoms with Crippen molar-refractivity contribution in [2.75, 3.05) is 0 Å². The van der Waals surface area contributed by atoms with Crippen LogP contribution < -0.4 is 5.73 Å². The van der Waals surface area contributed by atoms with Crippen molar-refractivity contribution in [3.63, 3.8) is 0 Å². The summed E-state index contributed by atoms with van der Waals surface area (Å²) in [5, 5.41) is 8.83. The standard InChI is InChI=1S/C10H8F7NO.ClH/c11-6-4(7(18)8(19)10(15,16)17)2-1-3-5(6)9(12,13)14;/h1-3,7-8,19H,18H2;1H/t7-,8-;/m1./s1. The summed E-state index contributed by atoms with van der Waals surface area (Å²) in [5.74, 6) is -1.93. The lowest BCUT2D eigenvalue weighted by Gasteiger charge is -2.23. The second-order valence-electron chi connectivity index (χ2n) is 3.72. The van der Waals surface area contributed by atoms with E-state index in [-0.39, 0.29) is 12.4 Å². The molecule has 116 valence electrons. The molecule has 0 amide bonds. The molecule has 0 unspecified atom stereocenters. The Hall–Kier alpha value is -1.06. The number of hydrogen-bond donors (Lipinski definition) is 2. The topological polar surface area (TPSA) is 46.2 Å². The molecule has 0 aromatic heterocycles. The van der Waals surface area contributed by atoms with Gasteiger partial charge in [-0.1, -0.05) is 12.1 Å². The Balaban J connectivity index is 0.00000361. The molecule has 1 rings (SSSR count). The average molecular weight is 328 g/mol. The first-order valence-electron chi connectivity index (χ1n) is 4.82. The molecule has 0 aliphatic rings. The minimum absolute atomic E-state index is 0. The van der Waals surface area contributed by atoms with Crippen molar-refractivity contribution in [2.45, 2.75) is 24.5 Å². The summed E-state index contributed by atoms with van der Waals surface area (Å²) in [7, 11) is 0. The Morgan fingerprint density at radius 2 is 1.55 bits per heavy atom. The van der Waals surface area contributed by atoms with Crippen LogP contribution in [-0.4, -0.2) is 17.4 Å². The highest BCUT2D eigenvalue weighted by Gasteiger charge is 2.44. The third-order valence-corrected chi connectivity index (χ3v) is 2.37. The lowest BCUT2D eigenvalue weighted by molar-refractivity contribution is -0.210. The Labute approximate surface area is 114 Å². The monoisotopic (exact) mass is 327 g/mol. The van der Waals surface area contributed by atoms with Crippen LogP contribution in [0.4, 0.5) is 30.7 Å². The molecule has 2 atom stereocenters.